The fourth-order valence-corrected chi connectivity index (χ4v) is 3.36. The fraction of sp³-hybridized carbons (Fsp3) is 0.333. The number of nitrogens with two attached hydrogens (primary N) is 1. The molecule has 1 aliphatic heterocycles. The molecule has 2 nitrogen and oxygen atoms in total. The second-order valence-electron chi connectivity index (χ2n) is 5.58. The number of hydrogen-bond donors (Lipinski definition) is 1. The van der Waals surface area contributed by atoms with Crippen LogP contribution in [0.25, 0.3) is 0 Å². The number of hydrogen-bond acceptors (Lipinski definition) is 2. The van der Waals surface area contributed by atoms with Crippen molar-refractivity contribution < 1.29 is 0 Å². The number of anilines is 1. The third-order valence-corrected chi connectivity index (χ3v) is 4.51. The first-order chi connectivity index (χ1) is 10.3. The molecule has 0 amide bonds. The molecule has 0 spiro atoms. The summed E-state index contributed by atoms with van der Waals surface area (Å²) in [4.78, 5) is 2.40. The highest BCUT2D eigenvalue weighted by atomic mass is 35.5. The number of benzene rings is 2. The standard InChI is InChI=1S/C18H21ClN2/c19-17-13-14(7-10-20)5-6-18(17)21-11-8-15-3-1-2-4-16(15)9-12-21/h1-6,13H,7-12,20H2. The van der Waals surface area contributed by atoms with Crippen LogP contribution in [0.15, 0.2) is 42.5 Å². The molecule has 0 atom stereocenters. The molecule has 0 saturated heterocycles. The molecule has 0 bridgehead atoms. The first-order valence-electron chi connectivity index (χ1n) is 7.58. The van der Waals surface area contributed by atoms with Gasteiger partial charge in [0.15, 0.2) is 0 Å². The molecule has 1 aliphatic rings. The third kappa shape index (κ3) is 3.22. The topological polar surface area (TPSA) is 29.3 Å². The van der Waals surface area contributed by atoms with Crippen LogP contribution in [0.4, 0.5) is 5.69 Å². The molecule has 3 rings (SSSR count). The lowest BCUT2D eigenvalue weighted by Crippen LogP contribution is -2.26. The van der Waals surface area contributed by atoms with E-state index in [4.69, 9.17) is 17.3 Å². The largest absolute Gasteiger partial charge is 0.370 e. The maximum atomic E-state index is 6.48. The van der Waals surface area contributed by atoms with Gasteiger partial charge in [-0.25, -0.2) is 0 Å². The Morgan fingerprint density at radius 1 is 1.00 bits per heavy atom. The lowest BCUT2D eigenvalue weighted by atomic mass is 10.0. The van der Waals surface area contributed by atoms with E-state index in [1.54, 1.807) is 0 Å². The lowest BCUT2D eigenvalue weighted by Gasteiger charge is -2.24. The second kappa shape index (κ2) is 6.50. The van der Waals surface area contributed by atoms with Crippen molar-refractivity contribution in [2.24, 2.45) is 5.73 Å². The monoisotopic (exact) mass is 300 g/mol. The summed E-state index contributed by atoms with van der Waals surface area (Å²) in [6, 6.07) is 15.1. The molecular weight excluding hydrogens is 280 g/mol. The van der Waals surface area contributed by atoms with Crippen LogP contribution in [0.1, 0.15) is 16.7 Å². The van der Waals surface area contributed by atoms with Crippen LogP contribution in [-0.2, 0) is 19.3 Å². The average Bonchev–Trinajstić information content (AvgIpc) is 2.71. The summed E-state index contributed by atoms with van der Waals surface area (Å²) in [5, 5.41) is 0.840. The Labute approximate surface area is 131 Å². The van der Waals surface area contributed by atoms with Crippen LogP contribution < -0.4 is 10.6 Å². The van der Waals surface area contributed by atoms with Crippen LogP contribution >= 0.6 is 11.6 Å². The Morgan fingerprint density at radius 3 is 2.24 bits per heavy atom. The van der Waals surface area contributed by atoms with E-state index >= 15 is 0 Å². The van der Waals surface area contributed by atoms with E-state index in [9.17, 15) is 0 Å². The summed E-state index contributed by atoms with van der Waals surface area (Å²) in [5.74, 6) is 0. The molecule has 2 N–H and O–H groups in total. The smallest absolute Gasteiger partial charge is 0.0642 e. The second-order valence-corrected chi connectivity index (χ2v) is 5.99. The fourth-order valence-electron chi connectivity index (χ4n) is 3.04. The van der Waals surface area contributed by atoms with Crippen molar-refractivity contribution in [2.75, 3.05) is 24.5 Å². The molecule has 2 aromatic rings. The summed E-state index contributed by atoms with van der Waals surface area (Å²) in [5.41, 5.74) is 10.9. The van der Waals surface area contributed by atoms with Gasteiger partial charge in [0.05, 0.1) is 10.7 Å². The Kier molecular flexibility index (Phi) is 4.47. The van der Waals surface area contributed by atoms with Gasteiger partial charge in [-0.15, -0.1) is 0 Å². The summed E-state index contributed by atoms with van der Waals surface area (Å²) < 4.78 is 0. The minimum absolute atomic E-state index is 0.661. The molecule has 0 aliphatic carbocycles. The van der Waals surface area contributed by atoms with Crippen LogP contribution in [0.2, 0.25) is 5.02 Å². The van der Waals surface area contributed by atoms with Crippen LogP contribution in [0.3, 0.4) is 0 Å². The van der Waals surface area contributed by atoms with Gasteiger partial charge in [0.2, 0.25) is 0 Å². The van der Waals surface area contributed by atoms with Crippen molar-refractivity contribution in [1.29, 1.82) is 0 Å². The average molecular weight is 301 g/mol. The van der Waals surface area contributed by atoms with Gasteiger partial charge in [0.25, 0.3) is 0 Å². The van der Waals surface area contributed by atoms with Gasteiger partial charge in [0.1, 0.15) is 0 Å². The van der Waals surface area contributed by atoms with Gasteiger partial charge in [-0.2, -0.15) is 0 Å². The van der Waals surface area contributed by atoms with Gasteiger partial charge in [-0.1, -0.05) is 41.9 Å². The number of nitrogens with zero attached hydrogens (tertiary/aromatic N) is 1. The van der Waals surface area contributed by atoms with Crippen LogP contribution in [0.5, 0.6) is 0 Å². The van der Waals surface area contributed by atoms with E-state index in [0.29, 0.717) is 6.54 Å². The first-order valence-corrected chi connectivity index (χ1v) is 7.96. The van der Waals surface area contributed by atoms with Gasteiger partial charge in [0, 0.05) is 13.1 Å². The minimum Gasteiger partial charge on any atom is -0.370 e. The van der Waals surface area contributed by atoms with Crippen molar-refractivity contribution in [2.45, 2.75) is 19.3 Å². The van der Waals surface area contributed by atoms with E-state index in [2.05, 4.69) is 47.4 Å². The van der Waals surface area contributed by atoms with Crippen molar-refractivity contribution in [3.05, 3.63) is 64.2 Å². The molecule has 0 saturated carbocycles. The van der Waals surface area contributed by atoms with Gasteiger partial charge in [-0.05, 0) is 54.6 Å². The number of halogens is 1. The van der Waals surface area contributed by atoms with Crippen molar-refractivity contribution in [1.82, 2.24) is 0 Å². The summed E-state index contributed by atoms with van der Waals surface area (Å²) in [7, 11) is 0. The maximum Gasteiger partial charge on any atom is 0.0642 e. The van der Waals surface area contributed by atoms with Crippen molar-refractivity contribution in [3.8, 4) is 0 Å². The minimum atomic E-state index is 0.661. The highest BCUT2D eigenvalue weighted by Crippen LogP contribution is 2.29. The normalized spacial score (nSPS) is 14.7. The molecule has 0 radical (unpaired) electrons. The summed E-state index contributed by atoms with van der Waals surface area (Å²) >= 11 is 6.48. The predicted octanol–water partition coefficient (Wildman–Crippen LogP) is 3.45. The Bertz CT molecular complexity index is 597. The summed E-state index contributed by atoms with van der Waals surface area (Å²) in [6.07, 6.45) is 3.04. The zero-order chi connectivity index (χ0) is 14.7. The zero-order valence-corrected chi connectivity index (χ0v) is 12.9. The molecule has 3 heteroatoms. The highest BCUT2D eigenvalue weighted by Gasteiger charge is 2.16. The Balaban J connectivity index is 1.79. The SMILES string of the molecule is NCCc1ccc(N2CCc3ccccc3CC2)c(Cl)c1. The number of rotatable bonds is 3. The molecule has 0 unspecified atom stereocenters. The quantitative estimate of drug-likeness (QED) is 0.941. The zero-order valence-electron chi connectivity index (χ0n) is 12.2. The highest BCUT2D eigenvalue weighted by molar-refractivity contribution is 6.33. The number of fused-ring (bicyclic) bond motifs is 1. The molecule has 21 heavy (non-hydrogen) atoms. The Morgan fingerprint density at radius 2 is 1.67 bits per heavy atom. The predicted molar refractivity (Wildman–Crippen MR) is 90.3 cm³/mol. The summed E-state index contributed by atoms with van der Waals surface area (Å²) in [6.45, 7) is 2.70. The van der Waals surface area contributed by atoms with E-state index in [1.807, 2.05) is 0 Å². The molecule has 0 fully saturated rings. The lowest BCUT2D eigenvalue weighted by molar-refractivity contribution is 0.805. The third-order valence-electron chi connectivity index (χ3n) is 4.21. The van der Waals surface area contributed by atoms with Gasteiger partial charge in [-0.3, -0.25) is 0 Å². The van der Waals surface area contributed by atoms with Crippen LogP contribution in [-0.4, -0.2) is 19.6 Å². The van der Waals surface area contributed by atoms with E-state index in [0.717, 1.165) is 43.1 Å². The molecular formula is C18H21ClN2. The molecule has 110 valence electrons. The van der Waals surface area contributed by atoms with Crippen molar-refractivity contribution >= 4 is 17.3 Å². The van der Waals surface area contributed by atoms with Gasteiger partial charge < -0.3 is 10.6 Å². The Hall–Kier alpha value is -1.51. The van der Waals surface area contributed by atoms with E-state index < -0.39 is 0 Å². The maximum absolute atomic E-state index is 6.48. The van der Waals surface area contributed by atoms with Crippen molar-refractivity contribution in [3.63, 3.8) is 0 Å². The van der Waals surface area contributed by atoms with Crippen LogP contribution in [0, 0.1) is 0 Å². The van der Waals surface area contributed by atoms with Gasteiger partial charge >= 0.3 is 0 Å². The first kappa shape index (κ1) is 14.4. The molecule has 2 aromatic carbocycles. The molecule has 0 aromatic heterocycles. The molecule has 1 heterocycles. The van der Waals surface area contributed by atoms with E-state index in [1.165, 1.54) is 16.7 Å². The van der Waals surface area contributed by atoms with E-state index in [-0.39, 0.29) is 0 Å².